The third-order valence-corrected chi connectivity index (χ3v) is 6.49. The van der Waals surface area contributed by atoms with Crippen molar-refractivity contribution in [2.24, 2.45) is 28.8 Å². The van der Waals surface area contributed by atoms with Gasteiger partial charge < -0.3 is 9.47 Å². The SMILES string of the molecule is COc1cc(C=NN2C(=O)[C@@H]3[C@H](C2=O)[C@H]2C=C[C@H]3C2)ccc1OC(=O)c1ccc(Cl)cc1. The topological polar surface area (TPSA) is 85.3 Å². The number of benzene rings is 2. The highest BCUT2D eigenvalue weighted by molar-refractivity contribution is 6.30. The van der Waals surface area contributed by atoms with Crippen molar-refractivity contribution in [3.8, 4) is 11.5 Å². The quantitative estimate of drug-likeness (QED) is 0.228. The van der Waals surface area contributed by atoms with Gasteiger partial charge in [-0.15, -0.1) is 0 Å². The smallest absolute Gasteiger partial charge is 0.343 e. The number of hydrogen-bond acceptors (Lipinski definition) is 6. The maximum Gasteiger partial charge on any atom is 0.343 e. The number of ether oxygens (including phenoxy) is 2. The van der Waals surface area contributed by atoms with Crippen LogP contribution in [0.15, 0.2) is 59.7 Å². The van der Waals surface area contributed by atoms with E-state index in [0.717, 1.165) is 11.4 Å². The first-order valence-corrected chi connectivity index (χ1v) is 10.6. The number of carbonyl (C=O) groups excluding carboxylic acids is 3. The number of methoxy groups -OCH3 is 1. The fourth-order valence-electron chi connectivity index (χ4n) is 4.72. The van der Waals surface area contributed by atoms with E-state index in [-0.39, 0.29) is 41.2 Å². The van der Waals surface area contributed by atoms with E-state index in [1.165, 1.54) is 13.3 Å². The molecular formula is C24H19ClN2O5. The van der Waals surface area contributed by atoms with Gasteiger partial charge in [0, 0.05) is 5.02 Å². The van der Waals surface area contributed by atoms with E-state index in [1.54, 1.807) is 42.5 Å². The van der Waals surface area contributed by atoms with Crippen molar-refractivity contribution in [3.63, 3.8) is 0 Å². The minimum absolute atomic E-state index is 0.136. The molecule has 0 N–H and O–H groups in total. The lowest BCUT2D eigenvalue weighted by molar-refractivity contribution is -0.140. The molecule has 2 amide bonds. The molecule has 7 nitrogen and oxygen atoms in total. The van der Waals surface area contributed by atoms with E-state index in [0.29, 0.717) is 21.9 Å². The number of nitrogens with zero attached hydrogens (tertiary/aromatic N) is 2. The number of rotatable bonds is 5. The Morgan fingerprint density at radius 2 is 1.69 bits per heavy atom. The van der Waals surface area contributed by atoms with E-state index in [4.69, 9.17) is 21.1 Å². The van der Waals surface area contributed by atoms with Gasteiger partial charge in [0.2, 0.25) is 0 Å². The van der Waals surface area contributed by atoms with Gasteiger partial charge in [-0.3, -0.25) is 9.59 Å². The van der Waals surface area contributed by atoms with E-state index in [2.05, 4.69) is 5.10 Å². The summed E-state index contributed by atoms with van der Waals surface area (Å²) in [6, 6.07) is 11.2. The van der Waals surface area contributed by atoms with Crippen LogP contribution in [0.3, 0.4) is 0 Å². The van der Waals surface area contributed by atoms with Gasteiger partial charge in [-0.1, -0.05) is 23.8 Å². The average molecular weight is 451 g/mol. The van der Waals surface area contributed by atoms with E-state index >= 15 is 0 Å². The maximum absolute atomic E-state index is 12.7. The van der Waals surface area contributed by atoms with Gasteiger partial charge in [-0.05, 0) is 66.3 Å². The second-order valence-corrected chi connectivity index (χ2v) is 8.48. The molecular weight excluding hydrogens is 432 g/mol. The zero-order chi connectivity index (χ0) is 22.4. The lowest BCUT2D eigenvalue weighted by atomic mass is 9.85. The lowest BCUT2D eigenvalue weighted by Crippen LogP contribution is -2.28. The van der Waals surface area contributed by atoms with Crippen molar-refractivity contribution in [2.75, 3.05) is 7.11 Å². The molecule has 0 spiro atoms. The van der Waals surface area contributed by atoms with Crippen LogP contribution in [0.4, 0.5) is 0 Å². The summed E-state index contributed by atoms with van der Waals surface area (Å²) in [6.07, 6.45) is 6.38. The summed E-state index contributed by atoms with van der Waals surface area (Å²) >= 11 is 5.85. The summed E-state index contributed by atoms with van der Waals surface area (Å²) in [5.74, 6) is -0.804. The largest absolute Gasteiger partial charge is 0.493 e. The predicted octanol–water partition coefficient (Wildman–Crippen LogP) is 3.71. The first-order chi connectivity index (χ1) is 15.5. The Morgan fingerprint density at radius 1 is 1.03 bits per heavy atom. The van der Waals surface area contributed by atoms with Crippen molar-refractivity contribution < 1.29 is 23.9 Å². The fraction of sp³-hybridized carbons (Fsp3) is 0.250. The Kier molecular flexibility index (Phi) is 5.06. The molecule has 0 aromatic heterocycles. The van der Waals surface area contributed by atoms with Crippen molar-refractivity contribution in [1.82, 2.24) is 5.01 Å². The normalized spacial score (nSPS) is 25.6. The molecule has 1 saturated carbocycles. The van der Waals surface area contributed by atoms with Gasteiger partial charge in [0.05, 0.1) is 30.7 Å². The average Bonchev–Trinajstić information content (AvgIpc) is 3.48. The van der Waals surface area contributed by atoms with Crippen LogP contribution >= 0.6 is 11.6 Å². The molecule has 2 bridgehead atoms. The molecule has 1 saturated heterocycles. The fourth-order valence-corrected chi connectivity index (χ4v) is 4.84. The van der Waals surface area contributed by atoms with Gasteiger partial charge >= 0.3 is 5.97 Å². The number of imide groups is 1. The van der Waals surface area contributed by atoms with E-state index < -0.39 is 5.97 Å². The molecule has 3 aliphatic rings. The molecule has 2 aromatic rings. The third kappa shape index (κ3) is 3.39. The third-order valence-electron chi connectivity index (χ3n) is 6.24. The molecule has 0 radical (unpaired) electrons. The van der Waals surface area contributed by atoms with Gasteiger partial charge in [-0.2, -0.15) is 10.1 Å². The molecule has 4 atom stereocenters. The number of allylic oxidation sites excluding steroid dienone is 2. The first-order valence-electron chi connectivity index (χ1n) is 10.2. The molecule has 1 aliphatic heterocycles. The summed E-state index contributed by atoms with van der Waals surface area (Å²) in [5, 5.41) is 5.67. The minimum atomic E-state index is -0.551. The van der Waals surface area contributed by atoms with Crippen LogP contribution < -0.4 is 9.47 Å². The van der Waals surface area contributed by atoms with Crippen LogP contribution in [0.1, 0.15) is 22.3 Å². The Morgan fingerprint density at radius 3 is 2.31 bits per heavy atom. The first kappa shape index (κ1) is 20.5. The zero-order valence-corrected chi connectivity index (χ0v) is 17.9. The summed E-state index contributed by atoms with van der Waals surface area (Å²) in [5.41, 5.74) is 0.939. The van der Waals surface area contributed by atoms with Gasteiger partial charge in [0.15, 0.2) is 11.5 Å². The second-order valence-electron chi connectivity index (χ2n) is 8.04. The minimum Gasteiger partial charge on any atom is -0.493 e. The van der Waals surface area contributed by atoms with E-state index in [1.807, 2.05) is 12.2 Å². The van der Waals surface area contributed by atoms with Crippen LogP contribution in [0.5, 0.6) is 11.5 Å². The van der Waals surface area contributed by atoms with Crippen LogP contribution in [-0.4, -0.2) is 36.1 Å². The predicted molar refractivity (Wildman–Crippen MR) is 117 cm³/mol. The lowest BCUT2D eigenvalue weighted by Gasteiger charge is -2.13. The van der Waals surface area contributed by atoms with Crippen LogP contribution in [0.2, 0.25) is 5.02 Å². The molecule has 5 rings (SSSR count). The number of hydrogen-bond donors (Lipinski definition) is 0. The summed E-state index contributed by atoms with van der Waals surface area (Å²) in [7, 11) is 1.45. The van der Waals surface area contributed by atoms with Crippen molar-refractivity contribution >= 4 is 35.6 Å². The maximum atomic E-state index is 12.7. The standard InChI is InChI=1S/C24H19ClN2O5/c1-31-19-10-13(2-9-18(19)32-24(30)14-5-7-17(25)8-6-14)12-26-27-22(28)20-15-3-4-16(11-15)21(20)23(27)29/h2-10,12,15-16,20-21H,11H2,1H3/t15-,16-,20-,21+/m0/s1. The summed E-state index contributed by atoms with van der Waals surface area (Å²) in [6.45, 7) is 0. The van der Waals surface area contributed by atoms with Crippen LogP contribution in [0, 0.1) is 23.7 Å². The second kappa shape index (κ2) is 7.91. The number of esters is 1. The monoisotopic (exact) mass is 450 g/mol. The van der Waals surface area contributed by atoms with Gasteiger partial charge in [-0.25, -0.2) is 4.79 Å². The summed E-state index contributed by atoms with van der Waals surface area (Å²) < 4.78 is 10.8. The molecule has 0 unspecified atom stereocenters. The van der Waals surface area contributed by atoms with Crippen molar-refractivity contribution in [3.05, 3.63) is 70.8 Å². The number of halogens is 1. The molecule has 2 aliphatic carbocycles. The summed E-state index contributed by atoms with van der Waals surface area (Å²) in [4.78, 5) is 37.8. The Hall–Kier alpha value is -3.45. The molecule has 8 heteroatoms. The molecule has 32 heavy (non-hydrogen) atoms. The van der Waals surface area contributed by atoms with Crippen LogP contribution in [-0.2, 0) is 9.59 Å². The highest BCUT2D eigenvalue weighted by Crippen LogP contribution is 2.52. The number of carbonyl (C=O) groups is 3. The molecule has 2 fully saturated rings. The van der Waals surface area contributed by atoms with E-state index in [9.17, 15) is 14.4 Å². The molecule has 1 heterocycles. The molecule has 2 aromatic carbocycles. The highest BCUT2D eigenvalue weighted by Gasteiger charge is 2.59. The van der Waals surface area contributed by atoms with Crippen molar-refractivity contribution in [1.29, 1.82) is 0 Å². The number of amides is 2. The van der Waals surface area contributed by atoms with Gasteiger partial charge in [0.25, 0.3) is 11.8 Å². The Labute approximate surface area is 189 Å². The zero-order valence-electron chi connectivity index (χ0n) is 17.1. The highest BCUT2D eigenvalue weighted by atomic mass is 35.5. The van der Waals surface area contributed by atoms with Gasteiger partial charge in [0.1, 0.15) is 0 Å². The van der Waals surface area contributed by atoms with Crippen molar-refractivity contribution in [2.45, 2.75) is 6.42 Å². The van der Waals surface area contributed by atoms with Crippen LogP contribution in [0.25, 0.3) is 0 Å². The Bertz CT molecular complexity index is 1140. The number of fused-ring (bicyclic) bond motifs is 5. The number of hydrazone groups is 1. The Balaban J connectivity index is 1.31. The molecule has 162 valence electrons.